The third-order valence-corrected chi connectivity index (χ3v) is 2.27. The number of benzene rings is 1. The Bertz CT molecular complexity index is 360. The van der Waals surface area contributed by atoms with Crippen molar-refractivity contribution in [1.82, 2.24) is 0 Å². The van der Waals surface area contributed by atoms with E-state index >= 15 is 0 Å². The minimum atomic E-state index is -0.0957. The van der Waals surface area contributed by atoms with Crippen LogP contribution < -0.4 is 4.74 Å². The second-order valence-electron chi connectivity index (χ2n) is 2.52. The van der Waals surface area contributed by atoms with Crippen molar-refractivity contribution in [2.24, 2.45) is 0 Å². The van der Waals surface area contributed by atoms with Crippen molar-refractivity contribution >= 4 is 21.7 Å². The number of ketones is 1. The van der Waals surface area contributed by atoms with E-state index in [1.54, 1.807) is 0 Å². The van der Waals surface area contributed by atoms with Gasteiger partial charge in [0, 0.05) is 0 Å². The number of ether oxygens (including phenoxy) is 1. The number of fused-ring (bicyclic) bond motifs is 1. The normalized spacial score (nSPS) is 14.2. The molecule has 0 aliphatic carbocycles. The molecular formula is C8H5BrO3. The van der Waals surface area contributed by atoms with Gasteiger partial charge in [-0.05, 0) is 28.1 Å². The van der Waals surface area contributed by atoms with E-state index < -0.39 is 0 Å². The molecule has 0 aromatic heterocycles. The average molecular weight is 229 g/mol. The van der Waals surface area contributed by atoms with Gasteiger partial charge in [-0.1, -0.05) is 0 Å². The van der Waals surface area contributed by atoms with Crippen LogP contribution in [0.4, 0.5) is 0 Å². The number of carbonyl (C=O) groups is 1. The molecule has 0 radical (unpaired) electrons. The topological polar surface area (TPSA) is 46.5 Å². The van der Waals surface area contributed by atoms with Crippen LogP contribution in [-0.2, 0) is 0 Å². The van der Waals surface area contributed by atoms with Crippen molar-refractivity contribution in [2.45, 2.75) is 0 Å². The Morgan fingerprint density at radius 3 is 3.00 bits per heavy atom. The first-order valence-corrected chi connectivity index (χ1v) is 4.16. The van der Waals surface area contributed by atoms with Gasteiger partial charge in [0.05, 0.1) is 10.0 Å². The Hall–Kier alpha value is -1.03. The molecule has 0 saturated heterocycles. The second kappa shape index (κ2) is 2.48. The largest absolute Gasteiger partial charge is 0.508 e. The van der Waals surface area contributed by atoms with Gasteiger partial charge in [0.1, 0.15) is 11.5 Å². The number of halogens is 1. The van der Waals surface area contributed by atoms with Gasteiger partial charge in [0.2, 0.25) is 5.78 Å². The standard InChI is InChI=1S/C8H5BrO3/c9-6-2-4(10)1-5-7(11)3-12-8(5)6/h1-2,10H,3H2. The van der Waals surface area contributed by atoms with Crippen LogP contribution in [0.2, 0.25) is 0 Å². The molecule has 3 nitrogen and oxygen atoms in total. The molecule has 1 aliphatic rings. The van der Waals surface area contributed by atoms with Gasteiger partial charge in [-0.15, -0.1) is 0 Å². The number of phenols is 1. The van der Waals surface area contributed by atoms with Gasteiger partial charge >= 0.3 is 0 Å². The monoisotopic (exact) mass is 228 g/mol. The van der Waals surface area contributed by atoms with Gasteiger partial charge in [-0.2, -0.15) is 0 Å². The maximum absolute atomic E-state index is 11.1. The van der Waals surface area contributed by atoms with Crippen LogP contribution in [0.15, 0.2) is 16.6 Å². The molecule has 1 aliphatic heterocycles. The lowest BCUT2D eigenvalue weighted by Gasteiger charge is -2.00. The lowest BCUT2D eigenvalue weighted by Crippen LogP contribution is -1.98. The average Bonchev–Trinajstić information content (AvgIpc) is 2.33. The number of hydrogen-bond acceptors (Lipinski definition) is 3. The summed E-state index contributed by atoms with van der Waals surface area (Å²) in [4.78, 5) is 11.1. The maximum atomic E-state index is 11.1. The Labute approximate surface area is 77.1 Å². The zero-order valence-electron chi connectivity index (χ0n) is 6.00. The van der Waals surface area contributed by atoms with Gasteiger partial charge < -0.3 is 9.84 Å². The van der Waals surface area contributed by atoms with Crippen LogP contribution >= 0.6 is 15.9 Å². The summed E-state index contributed by atoms with van der Waals surface area (Å²) in [6.07, 6.45) is 0. The SMILES string of the molecule is O=C1COc2c(Br)cc(O)cc21. The van der Waals surface area contributed by atoms with Crippen LogP contribution in [0.3, 0.4) is 0 Å². The van der Waals surface area contributed by atoms with Crippen molar-refractivity contribution < 1.29 is 14.6 Å². The van der Waals surface area contributed by atoms with E-state index in [1.807, 2.05) is 0 Å². The van der Waals surface area contributed by atoms with Gasteiger partial charge in [-0.3, -0.25) is 4.79 Å². The number of aromatic hydroxyl groups is 1. The molecule has 0 saturated carbocycles. The third kappa shape index (κ3) is 0.992. The van der Waals surface area contributed by atoms with E-state index in [-0.39, 0.29) is 18.1 Å². The molecule has 1 aromatic carbocycles. The van der Waals surface area contributed by atoms with E-state index in [0.29, 0.717) is 15.8 Å². The summed E-state index contributed by atoms with van der Waals surface area (Å²) in [5.74, 6) is 0.499. The van der Waals surface area contributed by atoms with Crippen molar-refractivity contribution in [1.29, 1.82) is 0 Å². The van der Waals surface area contributed by atoms with Crippen molar-refractivity contribution in [2.75, 3.05) is 6.61 Å². The zero-order chi connectivity index (χ0) is 8.72. The Morgan fingerprint density at radius 2 is 2.25 bits per heavy atom. The zero-order valence-corrected chi connectivity index (χ0v) is 7.59. The van der Waals surface area contributed by atoms with E-state index in [4.69, 9.17) is 9.84 Å². The van der Waals surface area contributed by atoms with Crippen LogP contribution in [0.5, 0.6) is 11.5 Å². The molecule has 0 bridgehead atoms. The van der Waals surface area contributed by atoms with Crippen LogP contribution in [0.25, 0.3) is 0 Å². The van der Waals surface area contributed by atoms with Crippen molar-refractivity contribution in [3.05, 3.63) is 22.2 Å². The quantitative estimate of drug-likeness (QED) is 0.736. The summed E-state index contributed by atoms with van der Waals surface area (Å²) in [6, 6.07) is 2.91. The number of rotatable bonds is 0. The summed E-state index contributed by atoms with van der Waals surface area (Å²) in [7, 11) is 0. The molecule has 1 aromatic rings. The molecule has 1 heterocycles. The highest BCUT2D eigenvalue weighted by Crippen LogP contribution is 2.36. The minimum absolute atomic E-state index is 0.0669. The summed E-state index contributed by atoms with van der Waals surface area (Å²) in [6.45, 7) is 0.0669. The van der Waals surface area contributed by atoms with Crippen LogP contribution in [0.1, 0.15) is 10.4 Å². The third-order valence-electron chi connectivity index (χ3n) is 1.68. The molecular weight excluding hydrogens is 224 g/mol. The minimum Gasteiger partial charge on any atom is -0.508 e. The molecule has 0 amide bonds. The van der Waals surface area contributed by atoms with Gasteiger partial charge in [-0.25, -0.2) is 0 Å². The first-order valence-electron chi connectivity index (χ1n) is 3.37. The molecule has 0 fully saturated rings. The van der Waals surface area contributed by atoms with E-state index in [9.17, 15) is 4.79 Å². The Kier molecular flexibility index (Phi) is 1.58. The van der Waals surface area contributed by atoms with Gasteiger partial charge in [0.15, 0.2) is 6.61 Å². The molecule has 0 spiro atoms. The van der Waals surface area contributed by atoms with Crippen molar-refractivity contribution in [3.8, 4) is 11.5 Å². The fraction of sp³-hybridized carbons (Fsp3) is 0.125. The summed E-state index contributed by atoms with van der Waals surface area (Å²) < 4.78 is 5.70. The number of Topliss-reactive ketones (excluding diaryl/α,β-unsaturated/α-hetero) is 1. The lowest BCUT2D eigenvalue weighted by molar-refractivity contribution is 0.0961. The number of hydrogen-bond donors (Lipinski definition) is 1. The highest BCUT2D eigenvalue weighted by molar-refractivity contribution is 9.10. The first kappa shape index (κ1) is 7.61. The molecule has 0 atom stereocenters. The van der Waals surface area contributed by atoms with E-state index in [2.05, 4.69) is 15.9 Å². The Balaban J connectivity index is 2.68. The molecule has 0 unspecified atom stereocenters. The lowest BCUT2D eigenvalue weighted by atomic mass is 10.1. The highest BCUT2D eigenvalue weighted by Gasteiger charge is 2.24. The first-order chi connectivity index (χ1) is 5.68. The molecule has 4 heteroatoms. The predicted molar refractivity (Wildman–Crippen MR) is 45.6 cm³/mol. The summed E-state index contributed by atoms with van der Waals surface area (Å²) in [5, 5.41) is 9.16. The molecule has 62 valence electrons. The number of carbonyl (C=O) groups excluding carboxylic acids is 1. The summed E-state index contributed by atoms with van der Waals surface area (Å²) >= 11 is 3.19. The molecule has 1 N–H and O–H groups in total. The maximum Gasteiger partial charge on any atom is 0.204 e. The fourth-order valence-corrected chi connectivity index (χ4v) is 1.71. The predicted octanol–water partition coefficient (Wildman–Crippen LogP) is 1.73. The van der Waals surface area contributed by atoms with Gasteiger partial charge in [0.25, 0.3) is 0 Å². The highest BCUT2D eigenvalue weighted by atomic mass is 79.9. The fourth-order valence-electron chi connectivity index (χ4n) is 1.15. The van der Waals surface area contributed by atoms with Crippen LogP contribution in [-0.4, -0.2) is 17.5 Å². The summed E-state index contributed by atoms with van der Waals surface area (Å²) in [5.41, 5.74) is 0.446. The van der Waals surface area contributed by atoms with Crippen LogP contribution in [0, 0.1) is 0 Å². The smallest absolute Gasteiger partial charge is 0.204 e. The van der Waals surface area contributed by atoms with Crippen molar-refractivity contribution in [3.63, 3.8) is 0 Å². The number of phenolic OH excluding ortho intramolecular Hbond substituents is 1. The molecule has 2 rings (SSSR count). The molecule has 12 heavy (non-hydrogen) atoms. The van der Waals surface area contributed by atoms with E-state index in [1.165, 1.54) is 12.1 Å². The van der Waals surface area contributed by atoms with E-state index in [0.717, 1.165) is 0 Å². The Morgan fingerprint density at radius 1 is 1.50 bits per heavy atom. The second-order valence-corrected chi connectivity index (χ2v) is 3.37.